The Bertz CT molecular complexity index is 319. The first-order valence-electron chi connectivity index (χ1n) is 6.49. The highest BCUT2D eigenvalue weighted by Crippen LogP contribution is 2.23. The van der Waals surface area contributed by atoms with Gasteiger partial charge < -0.3 is 5.32 Å². The molecule has 90 valence electrons. The molecule has 1 aromatic heterocycles. The third kappa shape index (κ3) is 2.85. The van der Waals surface area contributed by atoms with Crippen molar-refractivity contribution in [2.75, 3.05) is 6.54 Å². The standard InChI is InChI=1S/C13H23N3/c1-11-5-3-4-6-13(11)14-9-10-16-12(2)7-8-15-16/h7-8,11,13-14H,3-6,9-10H2,1-2H3. The zero-order valence-electron chi connectivity index (χ0n) is 10.4. The molecule has 1 aliphatic rings. The smallest absolute Gasteiger partial charge is 0.0537 e. The molecule has 0 aromatic carbocycles. The van der Waals surface area contributed by atoms with Crippen molar-refractivity contribution in [1.29, 1.82) is 0 Å². The molecule has 0 aliphatic heterocycles. The first-order valence-corrected chi connectivity index (χ1v) is 6.49. The Balaban J connectivity index is 1.73. The fourth-order valence-corrected chi connectivity index (χ4v) is 2.61. The molecule has 2 atom stereocenters. The number of nitrogens with one attached hydrogen (secondary N) is 1. The average Bonchev–Trinajstić information content (AvgIpc) is 2.67. The van der Waals surface area contributed by atoms with E-state index in [4.69, 9.17) is 0 Å². The number of aromatic nitrogens is 2. The van der Waals surface area contributed by atoms with Crippen LogP contribution in [0.2, 0.25) is 0 Å². The zero-order valence-corrected chi connectivity index (χ0v) is 10.4. The van der Waals surface area contributed by atoms with Crippen molar-refractivity contribution >= 4 is 0 Å². The zero-order chi connectivity index (χ0) is 11.4. The van der Waals surface area contributed by atoms with Crippen molar-refractivity contribution in [3.05, 3.63) is 18.0 Å². The minimum Gasteiger partial charge on any atom is -0.312 e. The minimum atomic E-state index is 0.726. The minimum absolute atomic E-state index is 0.726. The molecule has 0 amide bonds. The summed E-state index contributed by atoms with van der Waals surface area (Å²) in [5.41, 5.74) is 1.25. The average molecular weight is 221 g/mol. The molecule has 16 heavy (non-hydrogen) atoms. The summed E-state index contributed by atoms with van der Waals surface area (Å²) in [7, 11) is 0. The molecule has 1 N–H and O–H groups in total. The summed E-state index contributed by atoms with van der Waals surface area (Å²) in [5, 5.41) is 7.97. The summed E-state index contributed by atoms with van der Waals surface area (Å²) < 4.78 is 2.07. The van der Waals surface area contributed by atoms with Crippen LogP contribution in [-0.4, -0.2) is 22.4 Å². The summed E-state index contributed by atoms with van der Waals surface area (Å²) in [6.07, 6.45) is 7.41. The van der Waals surface area contributed by atoms with Gasteiger partial charge in [0.25, 0.3) is 0 Å². The second-order valence-corrected chi connectivity index (χ2v) is 5.02. The molecule has 3 heteroatoms. The Morgan fingerprint density at radius 1 is 1.44 bits per heavy atom. The van der Waals surface area contributed by atoms with E-state index in [0.29, 0.717) is 0 Å². The van der Waals surface area contributed by atoms with Gasteiger partial charge >= 0.3 is 0 Å². The Morgan fingerprint density at radius 2 is 2.25 bits per heavy atom. The molecule has 2 unspecified atom stereocenters. The molecule has 2 rings (SSSR count). The van der Waals surface area contributed by atoms with Gasteiger partial charge in [0.1, 0.15) is 0 Å². The van der Waals surface area contributed by atoms with Crippen LogP contribution in [0.5, 0.6) is 0 Å². The van der Waals surface area contributed by atoms with Crippen molar-refractivity contribution in [1.82, 2.24) is 15.1 Å². The van der Waals surface area contributed by atoms with E-state index in [2.05, 4.69) is 35.0 Å². The van der Waals surface area contributed by atoms with Crippen molar-refractivity contribution in [2.45, 2.75) is 52.1 Å². The summed E-state index contributed by atoms with van der Waals surface area (Å²) in [4.78, 5) is 0. The van der Waals surface area contributed by atoms with Crippen molar-refractivity contribution in [3.63, 3.8) is 0 Å². The van der Waals surface area contributed by atoms with Gasteiger partial charge in [-0.15, -0.1) is 0 Å². The SMILES string of the molecule is Cc1ccnn1CCNC1CCCCC1C. The van der Waals surface area contributed by atoms with Crippen molar-refractivity contribution in [3.8, 4) is 0 Å². The third-order valence-electron chi connectivity index (χ3n) is 3.77. The van der Waals surface area contributed by atoms with Crippen molar-refractivity contribution < 1.29 is 0 Å². The van der Waals surface area contributed by atoms with Crippen LogP contribution >= 0.6 is 0 Å². The largest absolute Gasteiger partial charge is 0.312 e. The maximum atomic E-state index is 4.29. The number of hydrogen-bond acceptors (Lipinski definition) is 2. The van der Waals surface area contributed by atoms with Crippen LogP contribution in [0.1, 0.15) is 38.3 Å². The van der Waals surface area contributed by atoms with E-state index in [1.807, 2.05) is 6.20 Å². The number of hydrogen-bond donors (Lipinski definition) is 1. The number of nitrogens with zero attached hydrogens (tertiary/aromatic N) is 2. The maximum absolute atomic E-state index is 4.29. The van der Waals surface area contributed by atoms with E-state index in [0.717, 1.165) is 25.0 Å². The van der Waals surface area contributed by atoms with E-state index in [1.54, 1.807) is 0 Å². The van der Waals surface area contributed by atoms with Crippen molar-refractivity contribution in [2.24, 2.45) is 5.92 Å². The normalized spacial score (nSPS) is 25.9. The molecule has 1 fully saturated rings. The lowest BCUT2D eigenvalue weighted by atomic mass is 9.86. The summed E-state index contributed by atoms with van der Waals surface area (Å²) in [5.74, 6) is 0.840. The maximum Gasteiger partial charge on any atom is 0.0537 e. The lowest BCUT2D eigenvalue weighted by Gasteiger charge is -2.29. The van der Waals surface area contributed by atoms with E-state index in [-0.39, 0.29) is 0 Å². The highest BCUT2D eigenvalue weighted by Gasteiger charge is 2.20. The van der Waals surface area contributed by atoms with E-state index >= 15 is 0 Å². The molecule has 0 bridgehead atoms. The molecule has 1 aromatic rings. The molecule has 1 heterocycles. The van der Waals surface area contributed by atoms with E-state index < -0.39 is 0 Å². The summed E-state index contributed by atoms with van der Waals surface area (Å²) >= 11 is 0. The van der Waals surface area contributed by atoms with Gasteiger partial charge in [-0.1, -0.05) is 19.8 Å². The molecular formula is C13H23N3. The van der Waals surface area contributed by atoms with Gasteiger partial charge in [0, 0.05) is 24.5 Å². The number of aryl methyl sites for hydroxylation is 1. The van der Waals surface area contributed by atoms with Gasteiger partial charge in [-0.25, -0.2) is 0 Å². The fraction of sp³-hybridized carbons (Fsp3) is 0.769. The third-order valence-corrected chi connectivity index (χ3v) is 3.77. The lowest BCUT2D eigenvalue weighted by Crippen LogP contribution is -2.39. The quantitative estimate of drug-likeness (QED) is 0.846. The van der Waals surface area contributed by atoms with Crippen LogP contribution < -0.4 is 5.32 Å². The Hall–Kier alpha value is -0.830. The Kier molecular flexibility index (Phi) is 3.99. The summed E-state index contributed by atoms with van der Waals surface area (Å²) in [6.45, 7) is 6.51. The van der Waals surface area contributed by atoms with Crippen LogP contribution in [-0.2, 0) is 6.54 Å². The topological polar surface area (TPSA) is 29.9 Å². The molecule has 1 saturated carbocycles. The highest BCUT2D eigenvalue weighted by atomic mass is 15.3. The van der Waals surface area contributed by atoms with E-state index in [1.165, 1.54) is 31.4 Å². The molecule has 1 aliphatic carbocycles. The van der Waals surface area contributed by atoms with E-state index in [9.17, 15) is 0 Å². The van der Waals surface area contributed by atoms with Crippen LogP contribution in [0, 0.1) is 12.8 Å². The monoisotopic (exact) mass is 221 g/mol. The molecule has 0 saturated heterocycles. The molecule has 3 nitrogen and oxygen atoms in total. The lowest BCUT2D eigenvalue weighted by molar-refractivity contribution is 0.277. The first-order chi connectivity index (χ1) is 7.77. The summed E-state index contributed by atoms with van der Waals surface area (Å²) in [6, 6.07) is 2.79. The van der Waals surface area contributed by atoms with Gasteiger partial charge in [0.15, 0.2) is 0 Å². The molecule has 0 spiro atoms. The molecular weight excluding hydrogens is 198 g/mol. The van der Waals surface area contributed by atoms with Gasteiger partial charge in [-0.2, -0.15) is 5.10 Å². The second kappa shape index (κ2) is 5.48. The van der Waals surface area contributed by atoms with Gasteiger partial charge in [0.2, 0.25) is 0 Å². The van der Waals surface area contributed by atoms with Gasteiger partial charge in [-0.05, 0) is 31.7 Å². The highest BCUT2D eigenvalue weighted by molar-refractivity contribution is 4.96. The second-order valence-electron chi connectivity index (χ2n) is 5.02. The predicted molar refractivity (Wildman–Crippen MR) is 66.4 cm³/mol. The van der Waals surface area contributed by atoms with Crippen LogP contribution in [0.15, 0.2) is 12.3 Å². The molecule has 0 radical (unpaired) electrons. The van der Waals surface area contributed by atoms with Crippen LogP contribution in [0.4, 0.5) is 0 Å². The van der Waals surface area contributed by atoms with Gasteiger partial charge in [0.05, 0.1) is 6.54 Å². The van der Waals surface area contributed by atoms with Crippen LogP contribution in [0.25, 0.3) is 0 Å². The van der Waals surface area contributed by atoms with Crippen LogP contribution in [0.3, 0.4) is 0 Å². The fourth-order valence-electron chi connectivity index (χ4n) is 2.61. The first kappa shape index (κ1) is 11.6. The predicted octanol–water partition coefficient (Wildman–Crippen LogP) is 2.36. The Morgan fingerprint density at radius 3 is 2.94 bits per heavy atom. The Labute approximate surface area is 98.2 Å². The van der Waals surface area contributed by atoms with Gasteiger partial charge in [-0.3, -0.25) is 4.68 Å². The number of rotatable bonds is 4.